The Morgan fingerprint density at radius 1 is 1.30 bits per heavy atom. The van der Waals surface area contributed by atoms with Crippen LogP contribution >= 0.6 is 11.3 Å². The van der Waals surface area contributed by atoms with E-state index in [1.165, 1.54) is 23.3 Å². The average molecular weight is 404 g/mol. The number of fused-ring (bicyclic) bond motifs is 1. The summed E-state index contributed by atoms with van der Waals surface area (Å²) in [6.45, 7) is 0.428. The molecule has 4 rings (SSSR count). The van der Waals surface area contributed by atoms with Gasteiger partial charge in [0, 0.05) is 41.6 Å². The van der Waals surface area contributed by atoms with Gasteiger partial charge in [0.05, 0.1) is 12.3 Å². The van der Waals surface area contributed by atoms with Crippen molar-refractivity contribution in [3.63, 3.8) is 0 Å². The van der Waals surface area contributed by atoms with Gasteiger partial charge in [0.2, 0.25) is 10.2 Å². The van der Waals surface area contributed by atoms with Crippen LogP contribution in [0.4, 0.5) is 11.6 Å². The van der Waals surface area contributed by atoms with Crippen LogP contribution in [0.3, 0.4) is 0 Å². The molecule has 9 heteroatoms. The molecule has 3 aromatic heterocycles. The third kappa shape index (κ3) is 3.47. The minimum Gasteiger partial charge on any atom is -0.611 e. The average Bonchev–Trinajstić information content (AvgIpc) is 2.96. The number of nitrogens with two attached hydrogens (primary N) is 2. The van der Waals surface area contributed by atoms with Gasteiger partial charge in [0.1, 0.15) is 16.3 Å². The molecule has 1 fully saturated rings. The summed E-state index contributed by atoms with van der Waals surface area (Å²) in [5.74, 6) is 1.11. The fourth-order valence-corrected chi connectivity index (χ4v) is 5.78. The maximum Gasteiger partial charge on any atom is 0.232 e. The van der Waals surface area contributed by atoms with E-state index in [1.807, 2.05) is 0 Å². The minimum atomic E-state index is -1.20. The predicted octanol–water partition coefficient (Wildman–Crippen LogP) is 2.94. The van der Waals surface area contributed by atoms with Gasteiger partial charge in [0.25, 0.3) is 0 Å². The standard InChI is InChI=1S/C18H21N5O2S2/c1-25-5-6-27(24)17-15(19)14-12(10-3-2-4-10)7-13(23-16(14)26-17)11-8-21-18(20)22-9-11/h7-10H,2-6,19H2,1H3,(H2,20,21,22)/t27-/m1/s1. The number of aromatic nitrogens is 3. The molecular weight excluding hydrogens is 382 g/mol. The number of ether oxygens (including phenoxy) is 1. The van der Waals surface area contributed by atoms with E-state index in [9.17, 15) is 4.55 Å². The highest BCUT2D eigenvalue weighted by Gasteiger charge is 2.29. The molecule has 1 aliphatic carbocycles. The third-order valence-electron chi connectivity index (χ3n) is 4.89. The maximum atomic E-state index is 12.7. The van der Waals surface area contributed by atoms with Crippen molar-refractivity contribution < 1.29 is 9.29 Å². The van der Waals surface area contributed by atoms with E-state index < -0.39 is 11.2 Å². The zero-order valence-electron chi connectivity index (χ0n) is 15.0. The molecule has 0 unspecified atom stereocenters. The Balaban J connectivity index is 1.84. The molecule has 7 nitrogen and oxygen atoms in total. The van der Waals surface area contributed by atoms with Crippen molar-refractivity contribution in [1.29, 1.82) is 0 Å². The second kappa shape index (κ2) is 7.59. The summed E-state index contributed by atoms with van der Waals surface area (Å²) in [7, 11) is 1.60. The van der Waals surface area contributed by atoms with Gasteiger partial charge in [-0.25, -0.2) is 15.0 Å². The Bertz CT molecular complexity index is 957. The number of anilines is 2. The lowest BCUT2D eigenvalue weighted by Crippen LogP contribution is -2.12. The number of nitrogens with zero attached hydrogens (tertiary/aromatic N) is 3. The molecule has 0 spiro atoms. The van der Waals surface area contributed by atoms with Gasteiger partial charge in [-0.15, -0.1) is 0 Å². The lowest BCUT2D eigenvalue weighted by Gasteiger charge is -2.27. The second-order valence-electron chi connectivity index (χ2n) is 6.58. The highest BCUT2D eigenvalue weighted by Crippen LogP contribution is 2.46. The van der Waals surface area contributed by atoms with Crippen molar-refractivity contribution >= 4 is 44.4 Å². The van der Waals surface area contributed by atoms with Gasteiger partial charge in [0.15, 0.2) is 0 Å². The van der Waals surface area contributed by atoms with Gasteiger partial charge in [-0.2, -0.15) is 0 Å². The zero-order valence-corrected chi connectivity index (χ0v) is 16.6. The molecule has 4 N–H and O–H groups in total. The lowest BCUT2D eigenvalue weighted by molar-refractivity contribution is 0.217. The van der Waals surface area contributed by atoms with Crippen LogP contribution in [0.15, 0.2) is 22.7 Å². The Kier molecular flexibility index (Phi) is 5.18. The first-order valence-corrected chi connectivity index (χ1v) is 10.9. The third-order valence-corrected chi connectivity index (χ3v) is 7.76. The summed E-state index contributed by atoms with van der Waals surface area (Å²) in [6.07, 6.45) is 6.83. The second-order valence-corrected chi connectivity index (χ2v) is 9.35. The fourth-order valence-electron chi connectivity index (χ4n) is 3.21. The molecule has 1 saturated carbocycles. The van der Waals surface area contributed by atoms with Crippen LogP contribution in [0.25, 0.3) is 21.5 Å². The van der Waals surface area contributed by atoms with Crippen LogP contribution in [0, 0.1) is 0 Å². The maximum absolute atomic E-state index is 12.7. The quantitative estimate of drug-likeness (QED) is 0.606. The summed E-state index contributed by atoms with van der Waals surface area (Å²) in [5, 5.41) is 0.950. The van der Waals surface area contributed by atoms with Gasteiger partial charge in [-0.1, -0.05) is 17.8 Å². The molecule has 0 bridgehead atoms. The van der Waals surface area contributed by atoms with E-state index in [2.05, 4.69) is 16.0 Å². The van der Waals surface area contributed by atoms with Crippen molar-refractivity contribution in [3.05, 3.63) is 24.0 Å². The molecular formula is C18H21N5O2S2. The summed E-state index contributed by atoms with van der Waals surface area (Å²) >= 11 is 0.203. The SMILES string of the molecule is COCC[S@@+]([O-])c1sc2nc(-c3cnc(N)nc3)cc(C3CCC3)c2c1N. The van der Waals surface area contributed by atoms with Crippen molar-refractivity contribution in [2.24, 2.45) is 0 Å². The Labute approximate surface area is 164 Å². The Morgan fingerprint density at radius 3 is 2.67 bits per heavy atom. The van der Waals surface area contributed by atoms with E-state index in [4.69, 9.17) is 21.2 Å². The fraction of sp³-hybridized carbons (Fsp3) is 0.389. The van der Waals surface area contributed by atoms with E-state index in [-0.39, 0.29) is 5.95 Å². The molecule has 0 aromatic carbocycles. The number of thiophene rings is 1. The zero-order chi connectivity index (χ0) is 19.0. The molecule has 0 saturated heterocycles. The van der Waals surface area contributed by atoms with Gasteiger partial charge in [-0.05, 0) is 30.4 Å². The molecule has 3 aromatic rings. The molecule has 27 heavy (non-hydrogen) atoms. The number of hydrogen-bond donors (Lipinski definition) is 2. The van der Waals surface area contributed by atoms with Crippen LogP contribution in [-0.4, -0.2) is 39.0 Å². The molecule has 1 aliphatic rings. The van der Waals surface area contributed by atoms with Crippen molar-refractivity contribution in [3.8, 4) is 11.3 Å². The molecule has 0 amide bonds. The highest BCUT2D eigenvalue weighted by molar-refractivity contribution is 7.93. The molecule has 1 atom stereocenters. The first-order valence-electron chi connectivity index (χ1n) is 8.76. The van der Waals surface area contributed by atoms with Gasteiger partial charge >= 0.3 is 0 Å². The van der Waals surface area contributed by atoms with Crippen LogP contribution in [0.2, 0.25) is 0 Å². The van der Waals surface area contributed by atoms with E-state index in [0.717, 1.165) is 34.3 Å². The monoisotopic (exact) mass is 403 g/mol. The number of methoxy groups -OCH3 is 1. The number of pyridine rings is 1. The Morgan fingerprint density at radius 2 is 2.04 bits per heavy atom. The number of nitrogen functional groups attached to an aromatic ring is 2. The first-order chi connectivity index (χ1) is 13.1. The molecule has 3 heterocycles. The van der Waals surface area contributed by atoms with Crippen molar-refractivity contribution in [2.75, 3.05) is 30.9 Å². The van der Waals surface area contributed by atoms with E-state index >= 15 is 0 Å². The molecule has 142 valence electrons. The number of rotatable bonds is 6. The Hall–Kier alpha value is -1.94. The van der Waals surface area contributed by atoms with Crippen LogP contribution in [-0.2, 0) is 15.9 Å². The summed E-state index contributed by atoms with van der Waals surface area (Å²) in [5.41, 5.74) is 15.4. The van der Waals surface area contributed by atoms with Crippen LogP contribution < -0.4 is 11.5 Å². The largest absolute Gasteiger partial charge is 0.611 e. The summed E-state index contributed by atoms with van der Waals surface area (Å²) in [4.78, 5) is 13.7. The molecule has 0 aliphatic heterocycles. The first kappa shape index (κ1) is 18.4. The summed E-state index contributed by atoms with van der Waals surface area (Å²) < 4.78 is 18.4. The van der Waals surface area contributed by atoms with Crippen LogP contribution in [0.5, 0.6) is 0 Å². The highest BCUT2D eigenvalue weighted by atomic mass is 32.2. The van der Waals surface area contributed by atoms with Gasteiger partial charge < -0.3 is 20.8 Å². The van der Waals surface area contributed by atoms with Crippen molar-refractivity contribution in [1.82, 2.24) is 15.0 Å². The summed E-state index contributed by atoms with van der Waals surface area (Å²) in [6, 6.07) is 2.08. The van der Waals surface area contributed by atoms with E-state index in [1.54, 1.807) is 19.5 Å². The van der Waals surface area contributed by atoms with Gasteiger partial charge in [-0.3, -0.25) is 0 Å². The number of hydrogen-bond acceptors (Lipinski definition) is 8. The predicted molar refractivity (Wildman–Crippen MR) is 109 cm³/mol. The normalized spacial score (nSPS) is 15.8. The van der Waals surface area contributed by atoms with Crippen molar-refractivity contribution in [2.45, 2.75) is 29.4 Å². The molecule has 0 radical (unpaired) electrons. The lowest BCUT2D eigenvalue weighted by atomic mass is 9.79. The topological polar surface area (TPSA) is 123 Å². The smallest absolute Gasteiger partial charge is 0.232 e. The van der Waals surface area contributed by atoms with E-state index in [0.29, 0.717) is 28.2 Å². The van der Waals surface area contributed by atoms with Crippen LogP contribution in [0.1, 0.15) is 30.7 Å². The minimum absolute atomic E-state index is 0.232.